The van der Waals surface area contributed by atoms with E-state index in [2.05, 4.69) is 5.32 Å². The summed E-state index contributed by atoms with van der Waals surface area (Å²) in [5.74, 6) is 0.134. The molecular weight excluding hydrogens is 266 g/mol. The second-order valence-electron chi connectivity index (χ2n) is 5.26. The molecule has 0 aliphatic carbocycles. The molecule has 0 bridgehead atoms. The number of hydrogen-bond donors (Lipinski definition) is 1. The Labute approximate surface area is 125 Å². The fourth-order valence-electron chi connectivity index (χ4n) is 2.38. The third-order valence-corrected chi connectivity index (χ3v) is 3.64. The molecule has 114 valence electrons. The first-order valence-electron chi connectivity index (χ1n) is 7.55. The molecule has 3 amide bonds. The maximum Gasteiger partial charge on any atom is 0.317 e. The number of benzene rings is 1. The summed E-state index contributed by atoms with van der Waals surface area (Å²) in [6.45, 7) is 5.18. The highest BCUT2D eigenvalue weighted by Gasteiger charge is 2.23. The van der Waals surface area contributed by atoms with Crippen LogP contribution in [-0.4, -0.2) is 54.5 Å². The lowest BCUT2D eigenvalue weighted by molar-refractivity contribution is -0.131. The van der Waals surface area contributed by atoms with Crippen LogP contribution in [0.25, 0.3) is 0 Å². The van der Waals surface area contributed by atoms with Crippen LogP contribution in [0.3, 0.4) is 0 Å². The molecule has 2 rings (SSSR count). The van der Waals surface area contributed by atoms with Crippen LogP contribution in [0.2, 0.25) is 0 Å². The number of carbonyl (C=O) groups excluding carboxylic acids is 2. The Bertz CT molecular complexity index is 468. The van der Waals surface area contributed by atoms with E-state index in [9.17, 15) is 9.59 Å². The minimum Gasteiger partial charge on any atom is -0.339 e. The van der Waals surface area contributed by atoms with E-state index in [4.69, 9.17) is 0 Å². The van der Waals surface area contributed by atoms with Crippen LogP contribution in [0.5, 0.6) is 0 Å². The van der Waals surface area contributed by atoms with Gasteiger partial charge in [0.2, 0.25) is 5.91 Å². The van der Waals surface area contributed by atoms with E-state index in [1.54, 1.807) is 4.90 Å². The Kier molecular flexibility index (Phi) is 5.60. The van der Waals surface area contributed by atoms with Crippen molar-refractivity contribution in [2.45, 2.75) is 19.8 Å². The lowest BCUT2D eigenvalue weighted by Crippen LogP contribution is -2.53. The van der Waals surface area contributed by atoms with Crippen LogP contribution < -0.4 is 5.32 Å². The van der Waals surface area contributed by atoms with E-state index in [1.165, 1.54) is 0 Å². The average Bonchev–Trinajstić information content (AvgIpc) is 2.53. The van der Waals surface area contributed by atoms with Crippen LogP contribution >= 0.6 is 0 Å². The first-order chi connectivity index (χ1) is 10.2. The van der Waals surface area contributed by atoms with Crippen LogP contribution in [-0.2, 0) is 11.2 Å². The number of nitrogens with zero attached hydrogens (tertiary/aromatic N) is 2. The zero-order valence-corrected chi connectivity index (χ0v) is 12.5. The first kappa shape index (κ1) is 15.4. The van der Waals surface area contributed by atoms with Crippen LogP contribution in [0, 0.1) is 0 Å². The number of hydrogen-bond acceptors (Lipinski definition) is 2. The fourth-order valence-corrected chi connectivity index (χ4v) is 2.38. The highest BCUT2D eigenvalue weighted by atomic mass is 16.2. The molecule has 0 unspecified atom stereocenters. The standard InChI is InChI=1S/C16H23N3O2/c1-2-8-17-16(21)19-11-9-18(10-12-19)15(20)13-14-6-4-3-5-7-14/h3-7H,2,8-13H2,1H3,(H,17,21). The lowest BCUT2D eigenvalue weighted by Gasteiger charge is -2.34. The summed E-state index contributed by atoms with van der Waals surface area (Å²) >= 11 is 0. The van der Waals surface area contributed by atoms with E-state index in [0.717, 1.165) is 12.0 Å². The van der Waals surface area contributed by atoms with Crippen molar-refractivity contribution in [1.29, 1.82) is 0 Å². The van der Waals surface area contributed by atoms with Crippen molar-refractivity contribution in [3.8, 4) is 0 Å². The SMILES string of the molecule is CCCNC(=O)N1CCN(C(=O)Cc2ccccc2)CC1. The molecule has 1 aromatic carbocycles. The summed E-state index contributed by atoms with van der Waals surface area (Å²) in [4.78, 5) is 27.7. The maximum absolute atomic E-state index is 12.2. The third kappa shape index (κ3) is 4.48. The molecule has 5 heteroatoms. The number of piperazine rings is 1. The zero-order chi connectivity index (χ0) is 15.1. The average molecular weight is 289 g/mol. The molecule has 1 aromatic rings. The molecule has 0 aromatic heterocycles. The molecule has 0 radical (unpaired) electrons. The Hall–Kier alpha value is -2.04. The van der Waals surface area contributed by atoms with Gasteiger partial charge in [-0.3, -0.25) is 4.79 Å². The van der Waals surface area contributed by atoms with Crippen molar-refractivity contribution >= 4 is 11.9 Å². The Morgan fingerprint density at radius 3 is 2.29 bits per heavy atom. The van der Waals surface area contributed by atoms with Gasteiger partial charge in [-0.15, -0.1) is 0 Å². The van der Waals surface area contributed by atoms with Crippen molar-refractivity contribution < 1.29 is 9.59 Å². The number of urea groups is 1. The van der Waals surface area contributed by atoms with Gasteiger partial charge < -0.3 is 15.1 Å². The summed E-state index contributed by atoms with van der Waals surface area (Å²) in [6.07, 6.45) is 1.37. The van der Waals surface area contributed by atoms with Gasteiger partial charge in [0.1, 0.15) is 0 Å². The molecule has 1 aliphatic heterocycles. The molecule has 0 spiro atoms. The second kappa shape index (κ2) is 7.67. The van der Waals surface area contributed by atoms with E-state index in [-0.39, 0.29) is 11.9 Å². The predicted molar refractivity (Wildman–Crippen MR) is 82.0 cm³/mol. The molecule has 0 atom stereocenters. The van der Waals surface area contributed by atoms with Gasteiger partial charge in [-0.1, -0.05) is 37.3 Å². The van der Waals surface area contributed by atoms with Crippen molar-refractivity contribution in [2.75, 3.05) is 32.7 Å². The smallest absolute Gasteiger partial charge is 0.317 e. The van der Waals surface area contributed by atoms with Gasteiger partial charge in [0.15, 0.2) is 0 Å². The molecule has 1 aliphatic rings. The predicted octanol–water partition coefficient (Wildman–Crippen LogP) is 1.49. The highest BCUT2D eigenvalue weighted by molar-refractivity contribution is 5.79. The van der Waals surface area contributed by atoms with Crippen LogP contribution in [0.1, 0.15) is 18.9 Å². The van der Waals surface area contributed by atoms with Gasteiger partial charge in [-0.05, 0) is 12.0 Å². The van der Waals surface area contributed by atoms with Crippen LogP contribution in [0.4, 0.5) is 4.79 Å². The van der Waals surface area contributed by atoms with Crippen molar-refractivity contribution in [2.24, 2.45) is 0 Å². The third-order valence-electron chi connectivity index (χ3n) is 3.64. The summed E-state index contributed by atoms with van der Waals surface area (Å²) in [6, 6.07) is 9.74. The van der Waals surface area contributed by atoms with Gasteiger partial charge >= 0.3 is 6.03 Å². The quantitative estimate of drug-likeness (QED) is 0.913. The molecule has 0 saturated carbocycles. The van der Waals surface area contributed by atoms with Gasteiger partial charge in [-0.2, -0.15) is 0 Å². The van der Waals surface area contributed by atoms with Gasteiger partial charge in [0, 0.05) is 32.7 Å². The minimum absolute atomic E-state index is 0.0213. The zero-order valence-electron chi connectivity index (χ0n) is 12.5. The molecule has 1 saturated heterocycles. The number of carbonyl (C=O) groups is 2. The molecule has 5 nitrogen and oxygen atoms in total. The molecular formula is C16H23N3O2. The number of nitrogens with one attached hydrogen (secondary N) is 1. The summed E-state index contributed by atoms with van der Waals surface area (Å²) < 4.78 is 0. The normalized spacial score (nSPS) is 14.9. The molecule has 1 fully saturated rings. The number of amides is 3. The Morgan fingerprint density at radius 2 is 1.67 bits per heavy atom. The highest BCUT2D eigenvalue weighted by Crippen LogP contribution is 2.07. The molecule has 21 heavy (non-hydrogen) atoms. The van der Waals surface area contributed by atoms with E-state index in [0.29, 0.717) is 39.1 Å². The van der Waals surface area contributed by atoms with E-state index in [1.807, 2.05) is 42.2 Å². The summed E-state index contributed by atoms with van der Waals surface area (Å²) in [5, 5.41) is 2.87. The van der Waals surface area contributed by atoms with Crippen molar-refractivity contribution in [3.05, 3.63) is 35.9 Å². The summed E-state index contributed by atoms with van der Waals surface area (Å²) in [5.41, 5.74) is 1.03. The molecule has 1 heterocycles. The van der Waals surface area contributed by atoms with Gasteiger partial charge in [-0.25, -0.2) is 4.79 Å². The van der Waals surface area contributed by atoms with Crippen LogP contribution in [0.15, 0.2) is 30.3 Å². The van der Waals surface area contributed by atoms with E-state index < -0.39 is 0 Å². The minimum atomic E-state index is -0.0213. The Balaban J connectivity index is 1.78. The Morgan fingerprint density at radius 1 is 1.05 bits per heavy atom. The fraction of sp³-hybridized carbons (Fsp3) is 0.500. The lowest BCUT2D eigenvalue weighted by atomic mass is 10.1. The molecule has 1 N–H and O–H groups in total. The van der Waals surface area contributed by atoms with Crippen molar-refractivity contribution in [3.63, 3.8) is 0 Å². The van der Waals surface area contributed by atoms with Crippen molar-refractivity contribution in [1.82, 2.24) is 15.1 Å². The van der Waals surface area contributed by atoms with Gasteiger partial charge in [0.25, 0.3) is 0 Å². The van der Waals surface area contributed by atoms with Gasteiger partial charge in [0.05, 0.1) is 6.42 Å². The maximum atomic E-state index is 12.2. The first-order valence-corrected chi connectivity index (χ1v) is 7.55. The number of rotatable bonds is 4. The topological polar surface area (TPSA) is 52.7 Å². The largest absolute Gasteiger partial charge is 0.339 e. The van der Waals surface area contributed by atoms with E-state index >= 15 is 0 Å². The second-order valence-corrected chi connectivity index (χ2v) is 5.26. The monoisotopic (exact) mass is 289 g/mol. The summed E-state index contributed by atoms with van der Waals surface area (Å²) in [7, 11) is 0.